The molecule has 13 heavy (non-hydrogen) atoms. The van der Waals surface area contributed by atoms with Crippen molar-refractivity contribution in [3.05, 3.63) is 35.9 Å². The van der Waals surface area contributed by atoms with Crippen molar-refractivity contribution in [3.63, 3.8) is 0 Å². The molecule has 0 unspecified atom stereocenters. The van der Waals surface area contributed by atoms with E-state index in [0.717, 1.165) is 0 Å². The van der Waals surface area contributed by atoms with Crippen LogP contribution in [0.4, 0.5) is 0 Å². The highest BCUT2D eigenvalue weighted by atomic mass is 32.2. The molecule has 0 heterocycles. The molecule has 0 aromatic heterocycles. The van der Waals surface area contributed by atoms with Gasteiger partial charge in [-0.1, -0.05) is 30.4 Å². The Bertz CT molecular complexity index is 311. The van der Waals surface area contributed by atoms with E-state index in [1.807, 2.05) is 24.5 Å². The number of nitrogens with one attached hydrogen (secondary N) is 1. The zero-order chi connectivity index (χ0) is 9.68. The Balaban J connectivity index is 2.65. The molecular formula is C9H9NOS2. The van der Waals surface area contributed by atoms with E-state index in [1.54, 1.807) is 12.1 Å². The second-order valence-electron chi connectivity index (χ2n) is 2.31. The maximum absolute atomic E-state index is 11.4. The lowest BCUT2D eigenvalue weighted by molar-refractivity contribution is 0.0978. The van der Waals surface area contributed by atoms with E-state index in [4.69, 9.17) is 12.2 Å². The lowest BCUT2D eigenvalue weighted by Gasteiger charge is -2.02. The van der Waals surface area contributed by atoms with Gasteiger partial charge in [0.25, 0.3) is 5.91 Å². The molecule has 0 saturated heterocycles. The number of rotatable bonds is 1. The Hall–Kier alpha value is -0.870. The minimum atomic E-state index is -0.153. The third-order valence-electron chi connectivity index (χ3n) is 1.44. The molecule has 2 nitrogen and oxygen atoms in total. The van der Waals surface area contributed by atoms with Gasteiger partial charge in [-0.3, -0.25) is 4.79 Å². The number of thiocarbonyl (C=S) groups is 1. The van der Waals surface area contributed by atoms with Crippen molar-refractivity contribution in [2.75, 3.05) is 6.26 Å². The molecule has 1 amide bonds. The van der Waals surface area contributed by atoms with Crippen LogP contribution >= 0.6 is 24.0 Å². The number of benzene rings is 1. The summed E-state index contributed by atoms with van der Waals surface area (Å²) in [6, 6.07) is 8.99. The Morgan fingerprint density at radius 1 is 1.38 bits per heavy atom. The highest BCUT2D eigenvalue weighted by Gasteiger charge is 2.04. The maximum Gasteiger partial charge on any atom is 0.256 e. The number of thioether (sulfide) groups is 1. The molecule has 68 valence electrons. The summed E-state index contributed by atoms with van der Waals surface area (Å²) >= 11 is 6.21. The maximum atomic E-state index is 11.4. The largest absolute Gasteiger partial charge is 0.308 e. The van der Waals surface area contributed by atoms with Gasteiger partial charge in [0, 0.05) is 5.56 Å². The number of carbonyl (C=O) groups is 1. The van der Waals surface area contributed by atoms with Gasteiger partial charge in [0.1, 0.15) is 4.32 Å². The van der Waals surface area contributed by atoms with Crippen LogP contribution in [0.1, 0.15) is 10.4 Å². The normalized spacial score (nSPS) is 9.31. The molecule has 0 aliphatic carbocycles. The van der Waals surface area contributed by atoms with E-state index in [1.165, 1.54) is 11.8 Å². The summed E-state index contributed by atoms with van der Waals surface area (Å²) < 4.78 is 0.494. The van der Waals surface area contributed by atoms with E-state index < -0.39 is 0 Å². The average Bonchev–Trinajstić information content (AvgIpc) is 2.19. The Morgan fingerprint density at radius 3 is 2.54 bits per heavy atom. The van der Waals surface area contributed by atoms with Gasteiger partial charge in [-0.05, 0) is 18.4 Å². The second kappa shape index (κ2) is 4.99. The molecule has 0 atom stereocenters. The smallest absolute Gasteiger partial charge is 0.256 e. The van der Waals surface area contributed by atoms with E-state index in [0.29, 0.717) is 9.88 Å². The lowest BCUT2D eigenvalue weighted by Crippen LogP contribution is -2.26. The topological polar surface area (TPSA) is 29.1 Å². The summed E-state index contributed by atoms with van der Waals surface area (Å²) in [7, 11) is 0. The van der Waals surface area contributed by atoms with Gasteiger partial charge in [0.05, 0.1) is 0 Å². The fraction of sp³-hybridized carbons (Fsp3) is 0.111. The monoisotopic (exact) mass is 211 g/mol. The molecule has 1 aromatic rings. The Labute approximate surface area is 86.7 Å². The van der Waals surface area contributed by atoms with Crippen LogP contribution in [0, 0.1) is 0 Å². The lowest BCUT2D eigenvalue weighted by atomic mass is 10.2. The van der Waals surface area contributed by atoms with Gasteiger partial charge in [-0.15, -0.1) is 11.8 Å². The second-order valence-corrected chi connectivity index (χ2v) is 3.79. The Morgan fingerprint density at radius 2 is 2.00 bits per heavy atom. The predicted octanol–water partition coefficient (Wildman–Crippen LogP) is 2.06. The molecule has 0 bridgehead atoms. The van der Waals surface area contributed by atoms with Gasteiger partial charge < -0.3 is 5.32 Å². The molecule has 0 radical (unpaired) electrons. The third kappa shape index (κ3) is 3.16. The fourth-order valence-corrected chi connectivity index (χ4v) is 1.09. The molecule has 1 N–H and O–H groups in total. The molecule has 0 saturated carbocycles. The minimum Gasteiger partial charge on any atom is -0.308 e. The zero-order valence-corrected chi connectivity index (χ0v) is 8.74. The van der Waals surface area contributed by atoms with Crippen LogP contribution in [0.2, 0.25) is 0 Å². The van der Waals surface area contributed by atoms with E-state index in [9.17, 15) is 4.79 Å². The molecule has 0 spiro atoms. The quantitative estimate of drug-likeness (QED) is 0.721. The summed E-state index contributed by atoms with van der Waals surface area (Å²) in [6.45, 7) is 0. The van der Waals surface area contributed by atoms with Gasteiger partial charge in [0.2, 0.25) is 0 Å². The van der Waals surface area contributed by atoms with Gasteiger partial charge in [-0.2, -0.15) is 0 Å². The molecule has 1 rings (SSSR count). The molecule has 0 aliphatic rings. The first kappa shape index (κ1) is 10.2. The average molecular weight is 211 g/mol. The van der Waals surface area contributed by atoms with Crippen molar-refractivity contribution >= 4 is 34.2 Å². The number of carbonyl (C=O) groups excluding carboxylic acids is 1. The van der Waals surface area contributed by atoms with Crippen LogP contribution in [0.25, 0.3) is 0 Å². The number of hydrogen-bond acceptors (Lipinski definition) is 3. The first-order valence-electron chi connectivity index (χ1n) is 3.68. The molecule has 1 aromatic carbocycles. The van der Waals surface area contributed by atoms with Crippen LogP contribution in [0.15, 0.2) is 30.3 Å². The number of amides is 1. The van der Waals surface area contributed by atoms with Crippen LogP contribution in [0.3, 0.4) is 0 Å². The van der Waals surface area contributed by atoms with Gasteiger partial charge >= 0.3 is 0 Å². The van der Waals surface area contributed by atoms with Crippen molar-refractivity contribution in [1.29, 1.82) is 0 Å². The van der Waals surface area contributed by atoms with Crippen LogP contribution in [-0.2, 0) is 0 Å². The summed E-state index contributed by atoms with van der Waals surface area (Å²) in [6.07, 6.45) is 1.83. The van der Waals surface area contributed by atoms with Gasteiger partial charge in [-0.25, -0.2) is 0 Å². The summed E-state index contributed by atoms with van der Waals surface area (Å²) in [4.78, 5) is 11.4. The van der Waals surface area contributed by atoms with E-state index in [-0.39, 0.29) is 5.91 Å². The SMILES string of the molecule is CSC(=S)NC(=O)c1ccccc1. The van der Waals surface area contributed by atoms with Crippen molar-refractivity contribution < 1.29 is 4.79 Å². The third-order valence-corrected chi connectivity index (χ3v) is 2.51. The highest BCUT2D eigenvalue weighted by molar-refractivity contribution is 8.22. The summed E-state index contributed by atoms with van der Waals surface area (Å²) in [5.74, 6) is -0.153. The molecule has 0 aliphatic heterocycles. The van der Waals surface area contributed by atoms with Crippen molar-refractivity contribution in [2.24, 2.45) is 0 Å². The minimum absolute atomic E-state index is 0.153. The van der Waals surface area contributed by atoms with Crippen molar-refractivity contribution in [2.45, 2.75) is 0 Å². The van der Waals surface area contributed by atoms with Crippen LogP contribution in [-0.4, -0.2) is 16.5 Å². The Kier molecular flexibility index (Phi) is 3.92. The molecular weight excluding hydrogens is 202 g/mol. The van der Waals surface area contributed by atoms with Crippen LogP contribution < -0.4 is 5.32 Å². The van der Waals surface area contributed by atoms with Crippen LogP contribution in [0.5, 0.6) is 0 Å². The number of hydrogen-bond donors (Lipinski definition) is 1. The van der Waals surface area contributed by atoms with Crippen molar-refractivity contribution in [1.82, 2.24) is 5.32 Å². The van der Waals surface area contributed by atoms with E-state index >= 15 is 0 Å². The van der Waals surface area contributed by atoms with Gasteiger partial charge in [0.15, 0.2) is 0 Å². The molecule has 4 heteroatoms. The first-order chi connectivity index (χ1) is 6.24. The fourth-order valence-electron chi connectivity index (χ4n) is 0.805. The highest BCUT2D eigenvalue weighted by Crippen LogP contribution is 2.00. The zero-order valence-electron chi connectivity index (χ0n) is 7.11. The summed E-state index contributed by atoms with van der Waals surface area (Å²) in [5.41, 5.74) is 0.624. The van der Waals surface area contributed by atoms with E-state index in [2.05, 4.69) is 5.32 Å². The van der Waals surface area contributed by atoms with Crippen molar-refractivity contribution in [3.8, 4) is 0 Å². The summed E-state index contributed by atoms with van der Waals surface area (Å²) in [5, 5.41) is 2.60. The molecule has 0 fully saturated rings. The first-order valence-corrected chi connectivity index (χ1v) is 5.31. The standard InChI is InChI=1S/C9H9NOS2/c1-13-9(12)10-8(11)7-5-3-2-4-6-7/h2-6H,1H3,(H,10,11,12). The predicted molar refractivity (Wildman–Crippen MR) is 60.0 cm³/mol.